The smallest absolute Gasteiger partial charge is 0.227 e. The zero-order chi connectivity index (χ0) is 21.4. The number of aromatic nitrogens is 2. The minimum Gasteiger partial charge on any atom is -0.504 e. The van der Waals surface area contributed by atoms with Crippen LogP contribution in [0, 0.1) is 0 Å². The molecule has 31 heavy (non-hydrogen) atoms. The first-order chi connectivity index (χ1) is 15.1. The maximum atomic E-state index is 10.2. The zero-order valence-corrected chi connectivity index (χ0v) is 16.9. The fraction of sp³-hybridized carbons (Fsp3) is 0.120. The van der Waals surface area contributed by atoms with Crippen LogP contribution >= 0.6 is 0 Å². The molecule has 6 nitrogen and oxygen atoms in total. The molecule has 0 unspecified atom stereocenters. The van der Waals surface area contributed by atoms with Crippen molar-refractivity contribution in [2.45, 2.75) is 13.0 Å². The maximum Gasteiger partial charge on any atom is 0.227 e. The van der Waals surface area contributed by atoms with E-state index in [1.54, 1.807) is 18.3 Å². The van der Waals surface area contributed by atoms with Gasteiger partial charge < -0.3 is 19.4 Å². The molecule has 2 N–H and O–H groups in total. The fourth-order valence-electron chi connectivity index (χ4n) is 3.73. The van der Waals surface area contributed by atoms with Gasteiger partial charge in [0.15, 0.2) is 17.1 Å². The third kappa shape index (κ3) is 3.58. The number of oxazole rings is 1. The molecule has 0 fully saturated rings. The largest absolute Gasteiger partial charge is 0.504 e. The SMILES string of the molecule is COc1cc2cncc(Cc3ccc4oc(-c5ccc(CO)cc5)nc4c3)c2cc1O. The number of pyridine rings is 1. The normalized spacial score (nSPS) is 11.3. The third-order valence-electron chi connectivity index (χ3n) is 5.37. The number of aliphatic hydroxyl groups is 1. The molecule has 5 rings (SSSR count). The Hall–Kier alpha value is -3.90. The number of rotatable bonds is 5. The van der Waals surface area contributed by atoms with E-state index in [1.165, 1.54) is 7.11 Å². The van der Waals surface area contributed by atoms with Gasteiger partial charge >= 0.3 is 0 Å². The zero-order valence-electron chi connectivity index (χ0n) is 16.9. The molecular weight excluding hydrogens is 392 g/mol. The lowest BCUT2D eigenvalue weighted by Crippen LogP contribution is -1.93. The maximum absolute atomic E-state index is 10.2. The van der Waals surface area contributed by atoms with Gasteiger partial charge in [-0.3, -0.25) is 4.98 Å². The second-order valence-corrected chi connectivity index (χ2v) is 7.40. The molecular formula is C25H20N2O4. The van der Waals surface area contributed by atoms with E-state index in [2.05, 4.69) is 9.97 Å². The summed E-state index contributed by atoms with van der Waals surface area (Å²) in [7, 11) is 1.53. The first-order valence-electron chi connectivity index (χ1n) is 9.88. The number of phenols is 1. The van der Waals surface area contributed by atoms with E-state index < -0.39 is 0 Å². The van der Waals surface area contributed by atoms with E-state index >= 15 is 0 Å². The van der Waals surface area contributed by atoms with Gasteiger partial charge in [0.2, 0.25) is 5.89 Å². The Labute approximate surface area is 178 Å². The summed E-state index contributed by atoms with van der Waals surface area (Å²) in [4.78, 5) is 8.98. The van der Waals surface area contributed by atoms with Crippen LogP contribution in [0.3, 0.4) is 0 Å². The Bertz CT molecular complexity index is 1390. The van der Waals surface area contributed by atoms with Crippen LogP contribution in [0.25, 0.3) is 33.3 Å². The van der Waals surface area contributed by atoms with Crippen LogP contribution in [0.15, 0.2) is 71.4 Å². The number of fused-ring (bicyclic) bond motifs is 2. The first-order valence-corrected chi connectivity index (χ1v) is 9.88. The van der Waals surface area contributed by atoms with Crippen molar-refractivity contribution >= 4 is 21.9 Å². The summed E-state index contributed by atoms with van der Waals surface area (Å²) in [5, 5.41) is 21.2. The van der Waals surface area contributed by atoms with Crippen molar-refractivity contribution in [3.05, 3.63) is 83.7 Å². The van der Waals surface area contributed by atoms with Crippen molar-refractivity contribution in [3.8, 4) is 23.0 Å². The van der Waals surface area contributed by atoms with Crippen LogP contribution < -0.4 is 4.74 Å². The topological polar surface area (TPSA) is 88.6 Å². The van der Waals surface area contributed by atoms with E-state index in [1.807, 2.05) is 48.7 Å². The lowest BCUT2D eigenvalue weighted by molar-refractivity contribution is 0.282. The van der Waals surface area contributed by atoms with Crippen LogP contribution in [0.4, 0.5) is 0 Å². The lowest BCUT2D eigenvalue weighted by atomic mass is 10.0. The Morgan fingerprint density at radius 2 is 1.77 bits per heavy atom. The van der Waals surface area contributed by atoms with Gasteiger partial charge in [0.25, 0.3) is 0 Å². The molecule has 2 heterocycles. The molecule has 5 aromatic rings. The summed E-state index contributed by atoms with van der Waals surface area (Å²) < 4.78 is 11.1. The van der Waals surface area contributed by atoms with Gasteiger partial charge in [-0.1, -0.05) is 18.2 Å². The summed E-state index contributed by atoms with van der Waals surface area (Å²) in [5.41, 5.74) is 5.25. The molecule has 0 aliphatic carbocycles. The van der Waals surface area contributed by atoms with Gasteiger partial charge in [0.05, 0.1) is 13.7 Å². The molecule has 0 atom stereocenters. The average molecular weight is 412 g/mol. The molecule has 0 saturated heterocycles. The summed E-state index contributed by atoms with van der Waals surface area (Å²) in [5.74, 6) is 1.07. The van der Waals surface area contributed by atoms with Crippen LogP contribution in [0.2, 0.25) is 0 Å². The second-order valence-electron chi connectivity index (χ2n) is 7.40. The number of hydrogen-bond acceptors (Lipinski definition) is 6. The van der Waals surface area contributed by atoms with E-state index in [0.717, 1.165) is 38.5 Å². The Kier molecular flexibility index (Phi) is 4.76. The minimum atomic E-state index is 0.00474. The van der Waals surface area contributed by atoms with Crippen molar-refractivity contribution in [2.24, 2.45) is 0 Å². The quantitative estimate of drug-likeness (QED) is 0.429. The fourth-order valence-corrected chi connectivity index (χ4v) is 3.73. The van der Waals surface area contributed by atoms with Crippen LogP contribution in [0.5, 0.6) is 11.5 Å². The predicted octanol–water partition coefficient (Wildman–Crippen LogP) is 4.84. The van der Waals surface area contributed by atoms with Gasteiger partial charge in [-0.05, 0) is 64.9 Å². The monoisotopic (exact) mass is 412 g/mol. The van der Waals surface area contributed by atoms with Crippen LogP contribution in [0.1, 0.15) is 16.7 Å². The number of aromatic hydroxyl groups is 1. The number of ether oxygens (including phenoxy) is 1. The van der Waals surface area contributed by atoms with Crippen LogP contribution in [-0.2, 0) is 13.0 Å². The summed E-state index contributed by atoms with van der Waals surface area (Å²) in [6.45, 7) is 0.00474. The molecule has 0 aliphatic rings. The number of nitrogens with zero attached hydrogens (tertiary/aromatic N) is 2. The predicted molar refractivity (Wildman–Crippen MR) is 118 cm³/mol. The van der Waals surface area contributed by atoms with Gasteiger partial charge in [0, 0.05) is 23.3 Å². The molecule has 6 heteroatoms. The molecule has 154 valence electrons. The highest BCUT2D eigenvalue weighted by Crippen LogP contribution is 2.33. The Morgan fingerprint density at radius 3 is 2.55 bits per heavy atom. The van der Waals surface area contributed by atoms with E-state index in [4.69, 9.17) is 9.15 Å². The molecule has 3 aromatic carbocycles. The molecule has 2 aromatic heterocycles. The molecule has 0 spiro atoms. The molecule has 0 radical (unpaired) electrons. The summed E-state index contributed by atoms with van der Waals surface area (Å²) >= 11 is 0. The second kappa shape index (κ2) is 7.74. The van der Waals surface area contributed by atoms with E-state index in [9.17, 15) is 10.2 Å². The molecule has 0 bridgehead atoms. The van der Waals surface area contributed by atoms with E-state index in [0.29, 0.717) is 23.6 Å². The van der Waals surface area contributed by atoms with Gasteiger partial charge in [-0.25, -0.2) is 4.98 Å². The highest BCUT2D eigenvalue weighted by atomic mass is 16.5. The number of aliphatic hydroxyl groups excluding tert-OH is 1. The number of hydrogen-bond donors (Lipinski definition) is 2. The third-order valence-corrected chi connectivity index (χ3v) is 5.37. The van der Waals surface area contributed by atoms with Crippen molar-refractivity contribution in [1.82, 2.24) is 9.97 Å². The van der Waals surface area contributed by atoms with Crippen molar-refractivity contribution in [2.75, 3.05) is 7.11 Å². The molecule has 0 saturated carbocycles. The number of benzene rings is 3. The van der Waals surface area contributed by atoms with Gasteiger partial charge in [0.1, 0.15) is 5.52 Å². The first kappa shape index (κ1) is 19.1. The van der Waals surface area contributed by atoms with Crippen LogP contribution in [-0.4, -0.2) is 27.3 Å². The minimum absolute atomic E-state index is 0.00474. The lowest BCUT2D eigenvalue weighted by Gasteiger charge is -2.09. The Morgan fingerprint density at radius 1 is 0.968 bits per heavy atom. The van der Waals surface area contributed by atoms with Gasteiger partial charge in [-0.15, -0.1) is 0 Å². The van der Waals surface area contributed by atoms with Crippen molar-refractivity contribution in [1.29, 1.82) is 0 Å². The highest BCUT2D eigenvalue weighted by molar-refractivity contribution is 5.88. The van der Waals surface area contributed by atoms with Crippen molar-refractivity contribution in [3.63, 3.8) is 0 Å². The molecule has 0 amide bonds. The highest BCUT2D eigenvalue weighted by Gasteiger charge is 2.12. The average Bonchev–Trinajstić information content (AvgIpc) is 3.22. The summed E-state index contributed by atoms with van der Waals surface area (Å²) in [6, 6.07) is 16.9. The van der Waals surface area contributed by atoms with Gasteiger partial charge in [-0.2, -0.15) is 0 Å². The Balaban J connectivity index is 1.49. The standard InChI is InChI=1S/C25H20N2O4/c1-30-24-10-19-13-26-12-18(20(19)11-22(24)29)8-16-4-7-23-21(9-16)27-25(31-23)17-5-2-15(14-28)3-6-17/h2-7,9-13,28-29H,8,14H2,1H3. The number of phenolic OH excluding ortho intramolecular Hbond substituents is 1. The molecule has 0 aliphatic heterocycles. The number of methoxy groups -OCH3 is 1. The van der Waals surface area contributed by atoms with Crippen molar-refractivity contribution < 1.29 is 19.4 Å². The van der Waals surface area contributed by atoms with E-state index in [-0.39, 0.29) is 12.4 Å². The summed E-state index contributed by atoms with van der Waals surface area (Å²) in [6.07, 6.45) is 4.21.